The van der Waals surface area contributed by atoms with Crippen LogP contribution in [-0.2, 0) is 11.3 Å². The second-order valence-electron chi connectivity index (χ2n) is 5.94. The SMILES string of the molecule is OC(Cn1cnc2c(N3CCOCC3)ncnc21)c1cccc(Cl)c1. The Bertz CT molecular complexity index is 878. The van der Waals surface area contributed by atoms with E-state index in [1.807, 2.05) is 16.7 Å². The molecule has 1 aliphatic heterocycles. The van der Waals surface area contributed by atoms with Crippen LogP contribution in [0.4, 0.5) is 5.82 Å². The van der Waals surface area contributed by atoms with Crippen molar-refractivity contribution in [2.45, 2.75) is 12.6 Å². The fraction of sp³-hybridized carbons (Fsp3) is 0.353. The van der Waals surface area contributed by atoms with Crippen LogP contribution in [0.5, 0.6) is 0 Å². The molecular formula is C17H18ClN5O2. The molecule has 0 bridgehead atoms. The summed E-state index contributed by atoms with van der Waals surface area (Å²) < 4.78 is 7.24. The predicted molar refractivity (Wildman–Crippen MR) is 94.8 cm³/mol. The van der Waals surface area contributed by atoms with Gasteiger partial charge in [-0.1, -0.05) is 23.7 Å². The van der Waals surface area contributed by atoms with Crippen molar-refractivity contribution in [3.05, 3.63) is 47.5 Å². The molecule has 8 heteroatoms. The van der Waals surface area contributed by atoms with Crippen molar-refractivity contribution in [3.8, 4) is 0 Å². The number of rotatable bonds is 4. The van der Waals surface area contributed by atoms with E-state index in [9.17, 15) is 5.11 Å². The van der Waals surface area contributed by atoms with Crippen LogP contribution >= 0.6 is 11.6 Å². The number of imidazole rings is 1. The first-order chi connectivity index (χ1) is 12.2. The molecule has 0 radical (unpaired) electrons. The maximum atomic E-state index is 10.5. The van der Waals surface area contributed by atoms with E-state index in [1.165, 1.54) is 6.33 Å². The summed E-state index contributed by atoms with van der Waals surface area (Å²) in [4.78, 5) is 15.4. The molecule has 4 rings (SSSR count). The lowest BCUT2D eigenvalue weighted by Gasteiger charge is -2.27. The van der Waals surface area contributed by atoms with E-state index in [1.54, 1.807) is 18.5 Å². The van der Waals surface area contributed by atoms with E-state index in [2.05, 4.69) is 19.9 Å². The first kappa shape index (κ1) is 16.3. The molecule has 130 valence electrons. The first-order valence-corrected chi connectivity index (χ1v) is 8.52. The molecule has 0 amide bonds. The van der Waals surface area contributed by atoms with Gasteiger partial charge in [0.25, 0.3) is 0 Å². The first-order valence-electron chi connectivity index (χ1n) is 8.14. The van der Waals surface area contributed by atoms with Crippen LogP contribution in [0.3, 0.4) is 0 Å². The molecule has 0 aliphatic carbocycles. The van der Waals surface area contributed by atoms with E-state index in [0.717, 1.165) is 30.0 Å². The van der Waals surface area contributed by atoms with Gasteiger partial charge in [0.05, 0.1) is 32.2 Å². The molecule has 1 fully saturated rings. The van der Waals surface area contributed by atoms with Gasteiger partial charge in [-0.25, -0.2) is 15.0 Å². The maximum absolute atomic E-state index is 10.5. The van der Waals surface area contributed by atoms with Crippen molar-refractivity contribution in [1.82, 2.24) is 19.5 Å². The number of ether oxygens (including phenoxy) is 1. The average molecular weight is 360 g/mol. The molecule has 3 aromatic rings. The maximum Gasteiger partial charge on any atom is 0.165 e. The Morgan fingerprint density at radius 3 is 2.84 bits per heavy atom. The number of hydrogen-bond acceptors (Lipinski definition) is 6. The lowest BCUT2D eigenvalue weighted by Crippen LogP contribution is -2.37. The number of benzene rings is 1. The summed E-state index contributed by atoms with van der Waals surface area (Å²) in [6.45, 7) is 3.27. The second-order valence-corrected chi connectivity index (χ2v) is 6.37. The van der Waals surface area contributed by atoms with Gasteiger partial charge in [-0.15, -0.1) is 0 Å². The summed E-state index contributed by atoms with van der Waals surface area (Å²) in [5.41, 5.74) is 2.21. The average Bonchev–Trinajstić information content (AvgIpc) is 3.05. The Kier molecular flexibility index (Phi) is 4.52. The summed E-state index contributed by atoms with van der Waals surface area (Å²) in [6.07, 6.45) is 2.53. The third-order valence-electron chi connectivity index (χ3n) is 4.30. The summed E-state index contributed by atoms with van der Waals surface area (Å²) in [5, 5.41) is 11.1. The number of nitrogens with zero attached hydrogens (tertiary/aromatic N) is 5. The van der Waals surface area contributed by atoms with Crippen LogP contribution in [0, 0.1) is 0 Å². The van der Waals surface area contributed by atoms with Crippen LogP contribution < -0.4 is 4.90 Å². The van der Waals surface area contributed by atoms with E-state index < -0.39 is 6.10 Å². The van der Waals surface area contributed by atoms with Crippen LogP contribution in [-0.4, -0.2) is 50.9 Å². The minimum atomic E-state index is -0.696. The smallest absolute Gasteiger partial charge is 0.165 e. The minimum Gasteiger partial charge on any atom is -0.387 e. The van der Waals surface area contributed by atoms with E-state index >= 15 is 0 Å². The highest BCUT2D eigenvalue weighted by molar-refractivity contribution is 6.30. The standard InChI is InChI=1S/C17H18ClN5O2/c18-13-3-1-2-12(8-13)14(24)9-23-11-21-15-16(19-10-20-17(15)23)22-4-6-25-7-5-22/h1-3,8,10-11,14,24H,4-7,9H2. The molecular weight excluding hydrogens is 342 g/mol. The van der Waals surface area contributed by atoms with Crippen molar-refractivity contribution in [2.24, 2.45) is 0 Å². The third kappa shape index (κ3) is 3.30. The normalized spacial score (nSPS) is 16.3. The number of morpholine rings is 1. The number of halogens is 1. The van der Waals surface area contributed by atoms with Gasteiger partial charge >= 0.3 is 0 Å². The molecule has 7 nitrogen and oxygen atoms in total. The fourth-order valence-electron chi connectivity index (χ4n) is 3.01. The Labute approximate surface area is 149 Å². The van der Waals surface area contributed by atoms with Gasteiger partial charge in [0.15, 0.2) is 17.0 Å². The fourth-order valence-corrected chi connectivity index (χ4v) is 3.21. The number of fused-ring (bicyclic) bond motifs is 1. The van der Waals surface area contributed by atoms with Gasteiger partial charge < -0.3 is 19.3 Å². The molecule has 1 atom stereocenters. The van der Waals surface area contributed by atoms with Crippen molar-refractivity contribution in [2.75, 3.05) is 31.2 Å². The largest absolute Gasteiger partial charge is 0.387 e. The lowest BCUT2D eigenvalue weighted by molar-refractivity contribution is 0.122. The van der Waals surface area contributed by atoms with Gasteiger partial charge in [0, 0.05) is 18.1 Å². The zero-order valence-corrected chi connectivity index (χ0v) is 14.3. The molecule has 1 N–H and O–H groups in total. The monoisotopic (exact) mass is 359 g/mol. The van der Waals surface area contributed by atoms with Crippen LogP contribution in [0.15, 0.2) is 36.9 Å². The van der Waals surface area contributed by atoms with Crippen molar-refractivity contribution in [3.63, 3.8) is 0 Å². The second kappa shape index (κ2) is 6.95. The van der Waals surface area contributed by atoms with Gasteiger partial charge in [0.1, 0.15) is 6.33 Å². The van der Waals surface area contributed by atoms with Gasteiger partial charge in [-0.3, -0.25) is 0 Å². The Morgan fingerprint density at radius 1 is 1.20 bits per heavy atom. The van der Waals surface area contributed by atoms with Gasteiger partial charge in [-0.2, -0.15) is 0 Å². The molecule has 1 unspecified atom stereocenters. The van der Waals surface area contributed by atoms with E-state index in [-0.39, 0.29) is 0 Å². The molecule has 0 saturated carbocycles. The Balaban J connectivity index is 1.62. The van der Waals surface area contributed by atoms with Crippen molar-refractivity contribution in [1.29, 1.82) is 0 Å². The summed E-state index contributed by atoms with van der Waals surface area (Å²) in [6, 6.07) is 7.22. The molecule has 3 heterocycles. The molecule has 1 saturated heterocycles. The highest BCUT2D eigenvalue weighted by Gasteiger charge is 2.19. The van der Waals surface area contributed by atoms with E-state index in [0.29, 0.717) is 30.4 Å². The molecule has 1 aromatic carbocycles. The van der Waals surface area contributed by atoms with Crippen LogP contribution in [0.2, 0.25) is 5.02 Å². The zero-order valence-electron chi connectivity index (χ0n) is 13.5. The van der Waals surface area contributed by atoms with Crippen LogP contribution in [0.1, 0.15) is 11.7 Å². The zero-order chi connectivity index (χ0) is 17.2. The Hall–Kier alpha value is -2.22. The number of aliphatic hydroxyl groups is 1. The van der Waals surface area contributed by atoms with E-state index in [4.69, 9.17) is 16.3 Å². The predicted octanol–water partition coefficient (Wildman–Crippen LogP) is 2.05. The quantitative estimate of drug-likeness (QED) is 0.768. The highest BCUT2D eigenvalue weighted by atomic mass is 35.5. The highest BCUT2D eigenvalue weighted by Crippen LogP contribution is 2.25. The molecule has 0 spiro atoms. The summed E-state index contributed by atoms with van der Waals surface area (Å²) in [7, 11) is 0. The van der Waals surface area contributed by atoms with Crippen molar-refractivity contribution >= 4 is 28.6 Å². The Morgan fingerprint density at radius 2 is 2.04 bits per heavy atom. The molecule has 1 aliphatic rings. The minimum absolute atomic E-state index is 0.344. The van der Waals surface area contributed by atoms with Gasteiger partial charge in [0.2, 0.25) is 0 Å². The number of hydrogen-bond donors (Lipinski definition) is 1. The molecule has 25 heavy (non-hydrogen) atoms. The summed E-state index contributed by atoms with van der Waals surface area (Å²) >= 11 is 6.01. The van der Waals surface area contributed by atoms with Crippen LogP contribution in [0.25, 0.3) is 11.2 Å². The number of aliphatic hydroxyl groups excluding tert-OH is 1. The van der Waals surface area contributed by atoms with Crippen molar-refractivity contribution < 1.29 is 9.84 Å². The van der Waals surface area contributed by atoms with Gasteiger partial charge in [-0.05, 0) is 17.7 Å². The number of aromatic nitrogens is 4. The summed E-state index contributed by atoms with van der Waals surface area (Å²) in [5.74, 6) is 0.810. The topological polar surface area (TPSA) is 76.3 Å². The molecule has 2 aromatic heterocycles. The third-order valence-corrected chi connectivity index (χ3v) is 4.53. The lowest BCUT2D eigenvalue weighted by atomic mass is 10.1. The number of anilines is 1.